The number of hydrogen-bond donors (Lipinski definition) is 0. The number of benzene rings is 2. The highest BCUT2D eigenvalue weighted by atomic mass is 19.4. The molecule has 190 valence electrons. The first-order chi connectivity index (χ1) is 17.2. The normalized spacial score (nSPS) is 16.1. The summed E-state index contributed by atoms with van der Waals surface area (Å²) in [6.45, 7) is 0.566. The minimum Gasteiger partial charge on any atom is -0.493 e. The third-order valence-corrected chi connectivity index (χ3v) is 6.84. The van der Waals surface area contributed by atoms with Gasteiger partial charge in [0.15, 0.2) is 17.1 Å². The standard InChI is InChI=1S/C26H25F3N2O5/c1-33-19-9-8-16(22(34-2)23(19)35-3)24(32)30-14-12-25(13-15-30)20-10-11-21(26(27,28)29)31(20)17-6-4-5-7-18(17)36-25/h4-11H,12-15H2,1-3H3. The second kappa shape index (κ2) is 8.69. The van der Waals surface area contributed by atoms with E-state index in [0.717, 1.165) is 6.07 Å². The largest absolute Gasteiger partial charge is 0.493 e. The highest BCUT2D eigenvalue weighted by Crippen LogP contribution is 2.48. The Morgan fingerprint density at radius 2 is 1.61 bits per heavy atom. The number of nitrogens with zero attached hydrogens (tertiary/aromatic N) is 2. The van der Waals surface area contributed by atoms with Crippen LogP contribution in [0, 0.1) is 0 Å². The van der Waals surface area contributed by atoms with Crippen molar-refractivity contribution in [2.75, 3.05) is 34.4 Å². The SMILES string of the molecule is COc1ccc(C(=O)N2CCC3(CC2)Oc2ccccc2-n2c(C(F)(F)F)ccc23)c(OC)c1OC. The van der Waals surface area contributed by atoms with E-state index in [1.54, 1.807) is 41.3 Å². The van der Waals surface area contributed by atoms with E-state index in [0.29, 0.717) is 47.0 Å². The van der Waals surface area contributed by atoms with Crippen LogP contribution < -0.4 is 18.9 Å². The lowest BCUT2D eigenvalue weighted by Gasteiger charge is -2.45. The lowest BCUT2D eigenvalue weighted by molar-refractivity contribution is -0.143. The molecule has 0 atom stereocenters. The Kier molecular flexibility index (Phi) is 5.77. The van der Waals surface area contributed by atoms with Crippen LogP contribution in [0.5, 0.6) is 23.0 Å². The van der Waals surface area contributed by atoms with Crippen LogP contribution in [0.15, 0.2) is 48.5 Å². The number of rotatable bonds is 4. The van der Waals surface area contributed by atoms with E-state index in [-0.39, 0.29) is 24.7 Å². The minimum atomic E-state index is -4.52. The maximum Gasteiger partial charge on any atom is 0.431 e. The molecule has 1 spiro atoms. The van der Waals surface area contributed by atoms with Gasteiger partial charge in [0, 0.05) is 25.9 Å². The predicted octanol–water partition coefficient (Wildman–Crippen LogP) is 5.05. The monoisotopic (exact) mass is 502 g/mol. The van der Waals surface area contributed by atoms with Gasteiger partial charge in [0.1, 0.15) is 11.4 Å². The van der Waals surface area contributed by atoms with Crippen LogP contribution in [0.4, 0.5) is 13.2 Å². The first kappa shape index (κ1) is 23.9. The van der Waals surface area contributed by atoms with E-state index in [1.807, 2.05) is 0 Å². The molecule has 2 aliphatic rings. The second-order valence-corrected chi connectivity index (χ2v) is 8.68. The number of alkyl halides is 3. The molecule has 1 saturated heterocycles. The number of likely N-dealkylation sites (tertiary alicyclic amines) is 1. The van der Waals surface area contributed by atoms with Gasteiger partial charge in [-0.1, -0.05) is 12.1 Å². The maximum atomic E-state index is 13.9. The molecule has 36 heavy (non-hydrogen) atoms. The predicted molar refractivity (Wildman–Crippen MR) is 124 cm³/mol. The van der Waals surface area contributed by atoms with E-state index < -0.39 is 17.5 Å². The summed E-state index contributed by atoms with van der Waals surface area (Å²) in [4.78, 5) is 15.1. The number of hydrogen-bond acceptors (Lipinski definition) is 5. The second-order valence-electron chi connectivity index (χ2n) is 8.68. The summed E-state index contributed by atoms with van der Waals surface area (Å²) in [6.07, 6.45) is -3.88. The van der Waals surface area contributed by atoms with Crippen LogP contribution in [-0.4, -0.2) is 49.8 Å². The highest BCUT2D eigenvalue weighted by molar-refractivity contribution is 5.98. The molecule has 3 aromatic rings. The Morgan fingerprint density at radius 1 is 0.917 bits per heavy atom. The van der Waals surface area contributed by atoms with E-state index >= 15 is 0 Å². The van der Waals surface area contributed by atoms with Crippen molar-refractivity contribution in [3.63, 3.8) is 0 Å². The zero-order chi connectivity index (χ0) is 25.7. The average molecular weight is 502 g/mol. The molecule has 7 nitrogen and oxygen atoms in total. The number of methoxy groups -OCH3 is 3. The zero-order valence-corrected chi connectivity index (χ0v) is 20.0. The lowest BCUT2D eigenvalue weighted by atomic mass is 9.86. The van der Waals surface area contributed by atoms with Crippen molar-refractivity contribution in [2.45, 2.75) is 24.6 Å². The first-order valence-corrected chi connectivity index (χ1v) is 11.4. The minimum absolute atomic E-state index is 0.258. The Balaban J connectivity index is 1.46. The Morgan fingerprint density at radius 3 is 2.25 bits per heavy atom. The van der Waals surface area contributed by atoms with Crippen LogP contribution in [0.1, 0.15) is 34.6 Å². The van der Waals surface area contributed by atoms with Crippen LogP contribution in [-0.2, 0) is 11.8 Å². The molecule has 0 saturated carbocycles. The molecule has 1 aromatic heterocycles. The summed E-state index contributed by atoms with van der Waals surface area (Å²) in [6, 6.07) is 12.5. The Hall–Kier alpha value is -3.82. The van der Waals surface area contributed by atoms with Gasteiger partial charge in [-0.05, 0) is 36.4 Å². The molecule has 2 aliphatic heterocycles. The van der Waals surface area contributed by atoms with Gasteiger partial charge in [0.25, 0.3) is 5.91 Å². The topological polar surface area (TPSA) is 62.2 Å². The van der Waals surface area contributed by atoms with Gasteiger partial charge in [0.2, 0.25) is 5.75 Å². The van der Waals surface area contributed by atoms with Crippen molar-refractivity contribution >= 4 is 5.91 Å². The van der Waals surface area contributed by atoms with Crippen molar-refractivity contribution < 1.29 is 36.9 Å². The molecule has 0 N–H and O–H groups in total. The van der Waals surface area contributed by atoms with Gasteiger partial charge in [-0.2, -0.15) is 13.2 Å². The quantitative estimate of drug-likeness (QED) is 0.500. The number of amides is 1. The summed E-state index contributed by atoms with van der Waals surface area (Å²) < 4.78 is 65.3. The number of halogens is 3. The third kappa shape index (κ3) is 3.63. The van der Waals surface area contributed by atoms with Crippen molar-refractivity contribution in [3.8, 4) is 28.7 Å². The molecule has 0 unspecified atom stereocenters. The fourth-order valence-electron chi connectivity index (χ4n) is 5.13. The smallest absolute Gasteiger partial charge is 0.431 e. The average Bonchev–Trinajstić information content (AvgIpc) is 3.35. The molecule has 2 aromatic carbocycles. The molecular formula is C26H25F3N2O5. The van der Waals surface area contributed by atoms with Crippen molar-refractivity contribution in [3.05, 3.63) is 65.5 Å². The van der Waals surface area contributed by atoms with Crippen molar-refractivity contribution in [1.82, 2.24) is 9.47 Å². The Bertz CT molecular complexity index is 1310. The summed E-state index contributed by atoms with van der Waals surface area (Å²) in [5.74, 6) is 1.11. The highest BCUT2D eigenvalue weighted by Gasteiger charge is 2.48. The summed E-state index contributed by atoms with van der Waals surface area (Å²) in [5, 5.41) is 0. The van der Waals surface area contributed by atoms with Crippen LogP contribution in [0.25, 0.3) is 5.69 Å². The molecule has 0 bridgehead atoms. The van der Waals surface area contributed by atoms with E-state index in [4.69, 9.17) is 18.9 Å². The van der Waals surface area contributed by atoms with E-state index in [9.17, 15) is 18.0 Å². The summed E-state index contributed by atoms with van der Waals surface area (Å²) in [7, 11) is 4.39. The van der Waals surface area contributed by atoms with Crippen molar-refractivity contribution in [2.24, 2.45) is 0 Å². The van der Waals surface area contributed by atoms with Gasteiger partial charge < -0.3 is 28.4 Å². The van der Waals surface area contributed by atoms with Gasteiger partial charge in [0.05, 0.1) is 38.3 Å². The summed E-state index contributed by atoms with van der Waals surface area (Å²) >= 11 is 0. The fourth-order valence-corrected chi connectivity index (χ4v) is 5.13. The molecule has 10 heteroatoms. The Labute approximate surface area is 205 Å². The molecule has 3 heterocycles. The molecule has 0 radical (unpaired) electrons. The van der Waals surface area contributed by atoms with Gasteiger partial charge in [-0.25, -0.2) is 0 Å². The van der Waals surface area contributed by atoms with Crippen LogP contribution in [0.3, 0.4) is 0 Å². The number of ether oxygens (including phenoxy) is 4. The summed E-state index contributed by atoms with van der Waals surface area (Å²) in [5.41, 5.74) is -0.644. The fraction of sp³-hybridized carbons (Fsp3) is 0.346. The molecule has 1 amide bonds. The van der Waals surface area contributed by atoms with Crippen molar-refractivity contribution in [1.29, 1.82) is 0 Å². The number of para-hydroxylation sites is 2. The maximum absolute atomic E-state index is 13.9. The van der Waals surface area contributed by atoms with Crippen LogP contribution in [0.2, 0.25) is 0 Å². The van der Waals surface area contributed by atoms with Gasteiger partial charge in [-0.3, -0.25) is 4.79 Å². The molecular weight excluding hydrogens is 477 g/mol. The van der Waals surface area contributed by atoms with Gasteiger partial charge >= 0.3 is 6.18 Å². The van der Waals surface area contributed by atoms with E-state index in [1.165, 1.54) is 32.0 Å². The number of aromatic nitrogens is 1. The lowest BCUT2D eigenvalue weighted by Crippen LogP contribution is -2.50. The first-order valence-electron chi connectivity index (χ1n) is 11.4. The third-order valence-electron chi connectivity index (χ3n) is 6.84. The molecule has 5 rings (SSSR count). The molecule has 1 fully saturated rings. The van der Waals surface area contributed by atoms with Gasteiger partial charge in [-0.15, -0.1) is 0 Å². The number of carbonyl (C=O) groups is 1. The molecule has 0 aliphatic carbocycles. The number of carbonyl (C=O) groups excluding carboxylic acids is 1. The van der Waals surface area contributed by atoms with E-state index in [2.05, 4.69) is 0 Å². The number of piperidine rings is 1. The van der Waals surface area contributed by atoms with Crippen LogP contribution >= 0.6 is 0 Å². The number of fused-ring (bicyclic) bond motifs is 4. The zero-order valence-electron chi connectivity index (χ0n) is 20.0.